The standard InChI is InChI=1S/C55H55F6N9O5/c1-32-45(55(59,60)61)41(23-43(46(32)57)68(27-35-9-15-39(72-4)16-10-35)28-36-11-17-40(73-5)18-12-36)48-47(58)49-44-51(67-53(66-49)75-30-54-19-6-20-69(54)29-37(56)24-54)70(21-22-74-52(44)65-48)33(2)42-26-62-31-64-50(42)63-25-34-7-13-38(71-3)14-8-34/h7-18,23,26,31,33,37H,6,19-22,24-25,27-30H2,1-5H3,(H,62,63,64)/t33-,37-,54+/m1/s1. The highest BCUT2D eigenvalue weighted by Gasteiger charge is 2.50. The zero-order valence-electron chi connectivity index (χ0n) is 42.0. The fourth-order valence-electron chi connectivity index (χ4n) is 10.6. The number of nitrogens with zero attached hydrogens (tertiary/aromatic N) is 8. The molecule has 2 saturated heterocycles. The predicted molar refractivity (Wildman–Crippen MR) is 270 cm³/mol. The Labute approximate surface area is 429 Å². The van der Waals surface area contributed by atoms with E-state index in [9.17, 15) is 4.39 Å². The number of anilines is 3. The molecule has 0 aliphatic carbocycles. The van der Waals surface area contributed by atoms with Crippen molar-refractivity contribution in [1.29, 1.82) is 0 Å². The molecule has 20 heteroatoms. The van der Waals surface area contributed by atoms with E-state index in [0.29, 0.717) is 59.3 Å². The lowest BCUT2D eigenvalue weighted by molar-refractivity contribution is -0.137. The van der Waals surface area contributed by atoms with Gasteiger partial charge in [0.1, 0.15) is 77.0 Å². The number of alkyl halides is 4. The van der Waals surface area contributed by atoms with Gasteiger partial charge in [-0.05, 0) is 98.0 Å². The van der Waals surface area contributed by atoms with E-state index in [2.05, 4.69) is 25.3 Å². The number of ether oxygens (including phenoxy) is 5. The molecule has 4 aromatic carbocycles. The number of methoxy groups -OCH3 is 3. The molecule has 10 rings (SSSR count). The quantitative estimate of drug-likeness (QED) is 0.0868. The maximum absolute atomic E-state index is 18.1. The molecular formula is C55H55F6N9O5. The van der Waals surface area contributed by atoms with Crippen LogP contribution in [0.2, 0.25) is 0 Å². The van der Waals surface area contributed by atoms with E-state index < -0.39 is 63.5 Å². The molecule has 75 heavy (non-hydrogen) atoms. The summed E-state index contributed by atoms with van der Waals surface area (Å²) in [5.74, 6) is -0.196. The van der Waals surface area contributed by atoms with Gasteiger partial charge in [-0.3, -0.25) is 4.90 Å². The molecule has 3 atom stereocenters. The molecule has 0 saturated carbocycles. The normalized spacial score (nSPS) is 17.8. The third-order valence-corrected chi connectivity index (χ3v) is 14.5. The molecule has 392 valence electrons. The van der Waals surface area contributed by atoms with Crippen molar-refractivity contribution in [3.8, 4) is 40.4 Å². The van der Waals surface area contributed by atoms with Crippen LogP contribution in [0.3, 0.4) is 0 Å². The molecule has 6 heterocycles. The van der Waals surface area contributed by atoms with Crippen LogP contribution in [0.4, 0.5) is 43.7 Å². The fourth-order valence-corrected chi connectivity index (χ4v) is 10.6. The van der Waals surface area contributed by atoms with E-state index in [1.165, 1.54) is 20.5 Å². The second kappa shape index (κ2) is 21.0. The molecule has 14 nitrogen and oxygen atoms in total. The van der Waals surface area contributed by atoms with Crippen LogP contribution >= 0.6 is 0 Å². The molecule has 0 bridgehead atoms. The minimum atomic E-state index is -5.19. The topological polar surface area (TPSA) is 132 Å². The van der Waals surface area contributed by atoms with Gasteiger partial charge < -0.3 is 38.8 Å². The summed E-state index contributed by atoms with van der Waals surface area (Å²) in [4.78, 5) is 28.4. The number of fused-ring (bicyclic) bond motifs is 1. The highest BCUT2D eigenvalue weighted by molar-refractivity contribution is 5.97. The summed E-state index contributed by atoms with van der Waals surface area (Å²) in [6.45, 7) is 4.27. The van der Waals surface area contributed by atoms with E-state index in [1.807, 2.05) is 41.0 Å². The predicted octanol–water partition coefficient (Wildman–Crippen LogP) is 10.8. The molecule has 3 aliphatic rings. The van der Waals surface area contributed by atoms with Crippen LogP contribution in [0.1, 0.15) is 65.6 Å². The van der Waals surface area contributed by atoms with Crippen LogP contribution in [-0.4, -0.2) is 95.7 Å². The first-order chi connectivity index (χ1) is 36.2. The number of aromatic nitrogens is 5. The Kier molecular flexibility index (Phi) is 14.2. The Morgan fingerprint density at radius 2 is 1.49 bits per heavy atom. The van der Waals surface area contributed by atoms with Gasteiger partial charge in [0.2, 0.25) is 5.88 Å². The molecule has 3 aromatic heterocycles. The van der Waals surface area contributed by atoms with Crippen molar-refractivity contribution in [3.63, 3.8) is 0 Å². The van der Waals surface area contributed by atoms with E-state index in [0.717, 1.165) is 25.0 Å². The van der Waals surface area contributed by atoms with Gasteiger partial charge in [0, 0.05) is 49.9 Å². The summed E-state index contributed by atoms with van der Waals surface area (Å²) in [5, 5.41) is 3.36. The Bertz CT molecular complexity index is 3140. The lowest BCUT2D eigenvalue weighted by Crippen LogP contribution is -2.43. The van der Waals surface area contributed by atoms with Crippen LogP contribution < -0.4 is 38.8 Å². The third-order valence-electron chi connectivity index (χ3n) is 14.5. The Hall–Kier alpha value is -7.61. The summed E-state index contributed by atoms with van der Waals surface area (Å²) >= 11 is 0. The first kappa shape index (κ1) is 50.9. The zero-order valence-corrected chi connectivity index (χ0v) is 42.0. The van der Waals surface area contributed by atoms with Gasteiger partial charge in [0.15, 0.2) is 5.82 Å². The number of hydrogen-bond donors (Lipinski definition) is 1. The monoisotopic (exact) mass is 1040 g/mol. The number of halogens is 6. The summed E-state index contributed by atoms with van der Waals surface area (Å²) in [5.41, 5.74) is -2.11. The average Bonchev–Trinajstić information content (AvgIpc) is 3.89. The van der Waals surface area contributed by atoms with Crippen molar-refractivity contribution >= 4 is 28.2 Å². The lowest BCUT2D eigenvalue weighted by atomic mass is 9.95. The van der Waals surface area contributed by atoms with Gasteiger partial charge >= 0.3 is 12.2 Å². The fraction of sp³-hybridized carbons (Fsp3) is 0.364. The molecular weight excluding hydrogens is 981 g/mol. The summed E-state index contributed by atoms with van der Waals surface area (Å²) in [6, 6.07) is 21.6. The Balaban J connectivity index is 1.12. The number of nitrogens with one attached hydrogen (secondary N) is 1. The van der Waals surface area contributed by atoms with Gasteiger partial charge in [-0.15, -0.1) is 0 Å². The molecule has 0 amide bonds. The maximum Gasteiger partial charge on any atom is 0.417 e. The second-order valence-corrected chi connectivity index (χ2v) is 19.1. The molecule has 3 aliphatic heterocycles. The SMILES string of the molecule is COc1ccc(CNc2ncncc2[C@@H](C)N2CCOc3nc(-c4cc(N(Cc5ccc(OC)cc5)Cc5ccc(OC)cc5)c(F)c(C)c4C(F)(F)F)c(F)c4nc(OC[C@@]56CCCN5C[C@H](F)C6)nc2c34)cc1. The number of pyridine rings is 1. The van der Waals surface area contributed by atoms with Crippen molar-refractivity contribution in [3.05, 3.63) is 136 Å². The molecule has 0 unspecified atom stereocenters. The van der Waals surface area contributed by atoms with Crippen molar-refractivity contribution in [1.82, 2.24) is 29.8 Å². The van der Waals surface area contributed by atoms with Crippen molar-refractivity contribution in [2.75, 3.05) is 69.3 Å². The van der Waals surface area contributed by atoms with Crippen LogP contribution in [0, 0.1) is 18.6 Å². The molecule has 1 N–H and O–H groups in total. The van der Waals surface area contributed by atoms with Gasteiger partial charge in [0.05, 0.1) is 50.7 Å². The maximum atomic E-state index is 18.1. The van der Waals surface area contributed by atoms with E-state index in [-0.39, 0.29) is 74.6 Å². The summed E-state index contributed by atoms with van der Waals surface area (Å²) < 4.78 is 126. The minimum Gasteiger partial charge on any atom is -0.497 e. The van der Waals surface area contributed by atoms with Crippen LogP contribution in [0.25, 0.3) is 22.2 Å². The van der Waals surface area contributed by atoms with Crippen LogP contribution in [0.5, 0.6) is 29.1 Å². The number of hydrogen-bond acceptors (Lipinski definition) is 14. The largest absolute Gasteiger partial charge is 0.497 e. The minimum absolute atomic E-state index is 0.0255. The van der Waals surface area contributed by atoms with Crippen molar-refractivity contribution < 1.29 is 50.0 Å². The van der Waals surface area contributed by atoms with Crippen molar-refractivity contribution in [2.24, 2.45) is 0 Å². The van der Waals surface area contributed by atoms with Gasteiger partial charge in [0.25, 0.3) is 0 Å². The second-order valence-electron chi connectivity index (χ2n) is 19.1. The van der Waals surface area contributed by atoms with E-state index >= 15 is 22.0 Å². The average molecular weight is 1040 g/mol. The third kappa shape index (κ3) is 10.2. The summed E-state index contributed by atoms with van der Waals surface area (Å²) in [7, 11) is 4.63. The smallest absolute Gasteiger partial charge is 0.417 e. The van der Waals surface area contributed by atoms with Crippen LogP contribution in [0.15, 0.2) is 91.4 Å². The van der Waals surface area contributed by atoms with E-state index in [1.54, 1.807) is 66.7 Å². The number of benzene rings is 4. The highest BCUT2D eigenvalue weighted by atomic mass is 19.4. The molecule has 2 fully saturated rings. The van der Waals surface area contributed by atoms with E-state index in [4.69, 9.17) is 28.7 Å². The Morgan fingerprint density at radius 1 is 0.853 bits per heavy atom. The zero-order chi connectivity index (χ0) is 52.6. The van der Waals surface area contributed by atoms with Crippen molar-refractivity contribution in [2.45, 2.75) is 76.7 Å². The molecule has 7 aromatic rings. The lowest BCUT2D eigenvalue weighted by Gasteiger charge is -2.32. The molecule has 0 radical (unpaired) electrons. The first-order valence-electron chi connectivity index (χ1n) is 24.6. The highest BCUT2D eigenvalue weighted by Crippen LogP contribution is 2.48. The number of rotatable bonds is 17. The van der Waals surface area contributed by atoms with Crippen LogP contribution in [-0.2, 0) is 25.8 Å². The van der Waals surface area contributed by atoms with Gasteiger partial charge in [-0.25, -0.2) is 28.1 Å². The van der Waals surface area contributed by atoms with Gasteiger partial charge in [-0.2, -0.15) is 23.1 Å². The summed E-state index contributed by atoms with van der Waals surface area (Å²) in [6.07, 6.45) is -1.51. The first-order valence-corrected chi connectivity index (χ1v) is 24.6. The molecule has 0 spiro atoms. The van der Waals surface area contributed by atoms with Gasteiger partial charge in [-0.1, -0.05) is 36.4 Å². The Morgan fingerprint density at radius 3 is 2.12 bits per heavy atom.